The molecule has 158 valence electrons. The maximum Gasteiger partial charge on any atom is 0.218 e. The van der Waals surface area contributed by atoms with Crippen LogP contribution in [-0.4, -0.2) is 11.6 Å². The molecule has 0 saturated carbocycles. The van der Waals surface area contributed by atoms with Gasteiger partial charge in [-0.2, -0.15) is 0 Å². The van der Waals surface area contributed by atoms with Crippen LogP contribution >= 0.6 is 0 Å². The third-order valence-electron chi connectivity index (χ3n) is 5.70. The van der Waals surface area contributed by atoms with Crippen molar-refractivity contribution in [2.45, 2.75) is 41.0 Å². The van der Waals surface area contributed by atoms with Crippen LogP contribution in [-0.2, 0) is 6.42 Å². The Labute approximate surface area is 185 Å². The number of pyridine rings is 1. The highest BCUT2D eigenvalue weighted by molar-refractivity contribution is 5.74. The highest BCUT2D eigenvalue weighted by Gasteiger charge is 2.30. The molecule has 0 fully saturated rings. The second kappa shape index (κ2) is 8.84. The van der Waals surface area contributed by atoms with Crippen molar-refractivity contribution in [1.29, 1.82) is 0 Å². The lowest BCUT2D eigenvalue weighted by Gasteiger charge is -2.26. The van der Waals surface area contributed by atoms with E-state index in [9.17, 15) is 0 Å². The molecule has 0 spiro atoms. The van der Waals surface area contributed by atoms with Gasteiger partial charge in [-0.1, -0.05) is 35.9 Å². The summed E-state index contributed by atoms with van der Waals surface area (Å²) in [6, 6.07) is 18.6. The predicted octanol–water partition coefficient (Wildman–Crippen LogP) is 6.20. The summed E-state index contributed by atoms with van der Waals surface area (Å²) in [7, 11) is 0. The molecular formula is C27H29N3O. The zero-order chi connectivity index (χ0) is 22.0. The van der Waals surface area contributed by atoms with Crippen LogP contribution in [0, 0.1) is 27.4 Å². The highest BCUT2D eigenvalue weighted by Crippen LogP contribution is 2.41. The quantitative estimate of drug-likeness (QED) is 0.483. The van der Waals surface area contributed by atoms with Crippen LogP contribution in [0.25, 0.3) is 0 Å². The van der Waals surface area contributed by atoms with Gasteiger partial charge in [-0.3, -0.25) is 4.98 Å². The van der Waals surface area contributed by atoms with Crippen molar-refractivity contribution in [2.75, 3.05) is 16.4 Å². The van der Waals surface area contributed by atoms with Crippen molar-refractivity contribution >= 4 is 11.4 Å². The van der Waals surface area contributed by atoms with E-state index in [1.807, 2.05) is 42.6 Å². The average molecular weight is 412 g/mol. The first kappa shape index (κ1) is 21.0. The number of ether oxygens (including phenoxy) is 1. The average Bonchev–Trinajstić information content (AvgIpc) is 3.03. The first-order valence-electron chi connectivity index (χ1n) is 10.7. The van der Waals surface area contributed by atoms with Crippen molar-refractivity contribution in [2.24, 2.45) is 0 Å². The lowest BCUT2D eigenvalue weighted by atomic mass is 10.0. The number of hydrogen-bond donors (Lipinski definition) is 0. The number of rotatable bonds is 6. The zero-order valence-corrected chi connectivity index (χ0v) is 18.9. The van der Waals surface area contributed by atoms with E-state index in [1.54, 1.807) is 0 Å². The molecule has 1 aliphatic heterocycles. The van der Waals surface area contributed by atoms with Gasteiger partial charge < -0.3 is 14.5 Å². The van der Waals surface area contributed by atoms with Gasteiger partial charge in [-0.25, -0.2) is 0 Å². The van der Waals surface area contributed by atoms with E-state index in [0.29, 0.717) is 6.61 Å². The van der Waals surface area contributed by atoms with Crippen LogP contribution in [0.15, 0.2) is 72.2 Å². The summed E-state index contributed by atoms with van der Waals surface area (Å²) in [5, 5.41) is 0. The normalized spacial score (nSPS) is 13.8. The van der Waals surface area contributed by atoms with Crippen molar-refractivity contribution in [3.8, 4) is 5.75 Å². The molecule has 31 heavy (non-hydrogen) atoms. The number of benzene rings is 2. The van der Waals surface area contributed by atoms with Crippen LogP contribution < -0.4 is 14.5 Å². The SMILES string of the molecule is CC1=C(C)N(c2c(C)cc(C)cc2C)[C]N1c1ccccc1OCCc1ccccn1. The second-order valence-electron chi connectivity index (χ2n) is 8.08. The Balaban J connectivity index is 1.57. The highest BCUT2D eigenvalue weighted by atomic mass is 16.5. The number of aryl methyl sites for hydroxylation is 3. The molecule has 1 aliphatic rings. The lowest BCUT2D eigenvalue weighted by Crippen LogP contribution is -2.22. The molecule has 2 radical (unpaired) electrons. The van der Waals surface area contributed by atoms with Crippen LogP contribution in [0.4, 0.5) is 11.4 Å². The third-order valence-corrected chi connectivity index (χ3v) is 5.70. The zero-order valence-electron chi connectivity index (χ0n) is 18.9. The molecule has 0 N–H and O–H groups in total. The van der Waals surface area contributed by atoms with Crippen molar-refractivity contribution in [3.05, 3.63) is 101 Å². The minimum Gasteiger partial charge on any atom is -0.491 e. The maximum atomic E-state index is 6.18. The molecule has 0 aliphatic carbocycles. The number of nitrogens with zero attached hydrogens (tertiary/aromatic N) is 3. The first-order valence-corrected chi connectivity index (χ1v) is 10.7. The number of para-hydroxylation sites is 2. The molecule has 2 heterocycles. The fourth-order valence-corrected chi connectivity index (χ4v) is 4.13. The largest absolute Gasteiger partial charge is 0.491 e. The smallest absolute Gasteiger partial charge is 0.218 e. The lowest BCUT2D eigenvalue weighted by molar-refractivity contribution is 0.321. The molecule has 0 saturated heterocycles. The van der Waals surface area contributed by atoms with E-state index in [-0.39, 0.29) is 0 Å². The summed E-state index contributed by atoms with van der Waals surface area (Å²) in [6.07, 6.45) is 2.59. The summed E-state index contributed by atoms with van der Waals surface area (Å²) in [5.74, 6) is 0.845. The van der Waals surface area contributed by atoms with E-state index in [2.05, 4.69) is 74.3 Å². The van der Waals surface area contributed by atoms with Gasteiger partial charge in [0.15, 0.2) is 0 Å². The standard InChI is InChI=1S/C27H29N3O/c1-19-16-20(2)27(21(3)17-19)30-18-29(22(4)23(30)5)25-11-6-7-12-26(25)31-15-13-24-10-8-9-14-28-24/h6-12,14,16-17H,13,15H2,1-5H3. The summed E-state index contributed by atoms with van der Waals surface area (Å²) in [6.45, 7) is 14.9. The molecule has 4 rings (SSSR count). The number of allylic oxidation sites excluding steroid dienone is 2. The van der Waals surface area contributed by atoms with Gasteiger partial charge >= 0.3 is 0 Å². The van der Waals surface area contributed by atoms with E-state index in [0.717, 1.165) is 29.2 Å². The summed E-state index contributed by atoms with van der Waals surface area (Å²) < 4.78 is 6.18. The topological polar surface area (TPSA) is 28.6 Å². The van der Waals surface area contributed by atoms with Crippen molar-refractivity contribution < 1.29 is 4.74 Å². The molecule has 4 nitrogen and oxygen atoms in total. The van der Waals surface area contributed by atoms with Gasteiger partial charge in [0.1, 0.15) is 5.75 Å². The molecular weight excluding hydrogens is 382 g/mol. The summed E-state index contributed by atoms with van der Waals surface area (Å²) >= 11 is 0. The van der Waals surface area contributed by atoms with E-state index < -0.39 is 0 Å². The fraction of sp³-hybridized carbons (Fsp3) is 0.259. The fourth-order valence-electron chi connectivity index (χ4n) is 4.13. The van der Waals surface area contributed by atoms with Gasteiger partial charge in [0.05, 0.1) is 12.3 Å². The Bertz CT molecular complexity index is 1080. The third kappa shape index (κ3) is 4.29. The van der Waals surface area contributed by atoms with Gasteiger partial charge in [0, 0.05) is 35.4 Å². The van der Waals surface area contributed by atoms with Gasteiger partial charge in [-0.15, -0.1) is 0 Å². The van der Waals surface area contributed by atoms with Crippen molar-refractivity contribution in [3.63, 3.8) is 0 Å². The summed E-state index contributed by atoms with van der Waals surface area (Å²) in [5.41, 5.74) is 9.29. The van der Waals surface area contributed by atoms with E-state index in [4.69, 9.17) is 4.74 Å². The Morgan fingerprint density at radius 3 is 2.23 bits per heavy atom. The predicted molar refractivity (Wildman–Crippen MR) is 127 cm³/mol. The molecule has 0 amide bonds. The molecule has 0 bridgehead atoms. The van der Waals surface area contributed by atoms with Crippen molar-refractivity contribution in [1.82, 2.24) is 4.98 Å². The Kier molecular flexibility index (Phi) is 5.99. The molecule has 2 aromatic carbocycles. The molecule has 1 aromatic heterocycles. The van der Waals surface area contributed by atoms with E-state index >= 15 is 0 Å². The van der Waals surface area contributed by atoms with Gasteiger partial charge in [0.2, 0.25) is 6.67 Å². The van der Waals surface area contributed by atoms with Crippen LogP contribution in [0.1, 0.15) is 36.2 Å². The molecule has 4 heteroatoms. The number of hydrogen-bond acceptors (Lipinski definition) is 4. The molecule has 3 aromatic rings. The second-order valence-corrected chi connectivity index (χ2v) is 8.08. The van der Waals surface area contributed by atoms with Crippen LogP contribution in [0.5, 0.6) is 5.75 Å². The molecule has 0 unspecified atom stereocenters. The van der Waals surface area contributed by atoms with Crippen LogP contribution in [0.3, 0.4) is 0 Å². The Morgan fingerprint density at radius 1 is 0.839 bits per heavy atom. The number of aromatic nitrogens is 1. The maximum absolute atomic E-state index is 6.18. The van der Waals surface area contributed by atoms with Gasteiger partial charge in [-0.05, 0) is 70.0 Å². The Hall–Kier alpha value is -3.27. The first-order chi connectivity index (χ1) is 15.0. The minimum atomic E-state index is 0.573. The monoisotopic (exact) mass is 411 g/mol. The van der Waals surface area contributed by atoms with Crippen LogP contribution in [0.2, 0.25) is 0 Å². The van der Waals surface area contributed by atoms with Gasteiger partial charge in [0.25, 0.3) is 0 Å². The summed E-state index contributed by atoms with van der Waals surface area (Å²) in [4.78, 5) is 8.65. The molecule has 0 atom stereocenters. The Morgan fingerprint density at radius 2 is 1.52 bits per heavy atom. The number of anilines is 2. The van der Waals surface area contributed by atoms with E-state index in [1.165, 1.54) is 28.1 Å². The minimum absolute atomic E-state index is 0.573.